The van der Waals surface area contributed by atoms with Gasteiger partial charge in [0.1, 0.15) is 5.75 Å². The van der Waals surface area contributed by atoms with Crippen molar-refractivity contribution in [1.29, 1.82) is 0 Å². The van der Waals surface area contributed by atoms with Crippen molar-refractivity contribution in [3.63, 3.8) is 0 Å². The molecule has 1 atom stereocenters. The number of aryl methyl sites for hydroxylation is 1. The van der Waals surface area contributed by atoms with Gasteiger partial charge in [0.2, 0.25) is 0 Å². The van der Waals surface area contributed by atoms with Crippen LogP contribution < -0.4 is 10.3 Å². The number of aromatic nitrogens is 3. The highest BCUT2D eigenvalue weighted by Gasteiger charge is 2.19. The van der Waals surface area contributed by atoms with Crippen molar-refractivity contribution in [1.82, 2.24) is 19.7 Å². The number of ether oxygens (including phenoxy) is 1. The van der Waals surface area contributed by atoms with Gasteiger partial charge in [0.25, 0.3) is 5.56 Å². The Hall–Kier alpha value is -2.99. The Morgan fingerprint density at radius 3 is 2.67 bits per heavy atom. The van der Waals surface area contributed by atoms with Crippen LogP contribution in [0.2, 0.25) is 0 Å². The first kappa shape index (κ1) is 20.3. The van der Waals surface area contributed by atoms with Gasteiger partial charge < -0.3 is 9.64 Å². The number of rotatable bonds is 7. The molecule has 1 aliphatic heterocycles. The summed E-state index contributed by atoms with van der Waals surface area (Å²) in [6.45, 7) is 7.21. The van der Waals surface area contributed by atoms with Crippen molar-refractivity contribution < 1.29 is 4.74 Å². The Labute approximate surface area is 177 Å². The maximum Gasteiger partial charge on any atom is 0.273 e. The number of hydrogen-bond donors (Lipinski definition) is 0. The second-order valence-corrected chi connectivity index (χ2v) is 7.89. The Balaban J connectivity index is 1.36. The molecule has 1 unspecified atom stereocenters. The molecule has 156 valence electrons. The molecule has 2 aromatic heterocycles. The van der Waals surface area contributed by atoms with E-state index in [0.717, 1.165) is 35.5 Å². The van der Waals surface area contributed by atoms with Crippen LogP contribution in [0.5, 0.6) is 5.75 Å². The van der Waals surface area contributed by atoms with Crippen LogP contribution in [0.3, 0.4) is 0 Å². The summed E-state index contributed by atoms with van der Waals surface area (Å²) in [5.41, 5.74) is 2.35. The van der Waals surface area contributed by atoms with E-state index >= 15 is 0 Å². The summed E-state index contributed by atoms with van der Waals surface area (Å²) in [5, 5.41) is 4.30. The molecule has 3 aromatic rings. The van der Waals surface area contributed by atoms with Gasteiger partial charge in [-0.25, -0.2) is 4.98 Å². The van der Waals surface area contributed by atoms with E-state index in [0.29, 0.717) is 18.5 Å². The summed E-state index contributed by atoms with van der Waals surface area (Å²) in [7, 11) is 0. The second kappa shape index (κ2) is 9.22. The predicted octanol–water partition coefficient (Wildman–Crippen LogP) is 3.86. The summed E-state index contributed by atoms with van der Waals surface area (Å²) in [5.74, 6) is 1.37. The maximum absolute atomic E-state index is 12.5. The van der Waals surface area contributed by atoms with Crippen LogP contribution in [0.1, 0.15) is 31.9 Å². The molecule has 4 rings (SSSR count). The molecule has 1 fully saturated rings. The van der Waals surface area contributed by atoms with E-state index < -0.39 is 0 Å². The Kier molecular flexibility index (Phi) is 6.23. The van der Waals surface area contributed by atoms with Gasteiger partial charge in [-0.1, -0.05) is 18.2 Å². The maximum atomic E-state index is 12.5. The molecule has 30 heavy (non-hydrogen) atoms. The number of likely N-dealkylation sites (tertiary alicyclic amines) is 1. The van der Waals surface area contributed by atoms with Gasteiger partial charge in [0.05, 0.1) is 12.8 Å². The summed E-state index contributed by atoms with van der Waals surface area (Å²) in [6.07, 6.45) is 5.34. The van der Waals surface area contributed by atoms with Gasteiger partial charge in [-0.15, -0.1) is 0 Å². The minimum atomic E-state index is -0.206. The quantitative estimate of drug-likeness (QED) is 0.560. The fourth-order valence-electron chi connectivity index (χ4n) is 3.91. The van der Waals surface area contributed by atoms with Gasteiger partial charge in [0.15, 0.2) is 5.82 Å². The Morgan fingerprint density at radius 2 is 1.97 bits per heavy atom. The zero-order chi connectivity index (χ0) is 20.9. The fraction of sp³-hybridized carbons (Fsp3) is 0.375. The van der Waals surface area contributed by atoms with Gasteiger partial charge in [-0.2, -0.15) is 9.78 Å². The van der Waals surface area contributed by atoms with E-state index in [-0.39, 0.29) is 5.56 Å². The third-order valence-corrected chi connectivity index (χ3v) is 5.63. The second-order valence-electron chi connectivity index (χ2n) is 7.89. The van der Waals surface area contributed by atoms with E-state index in [1.807, 2.05) is 43.3 Å². The molecule has 0 amide bonds. The number of hydrogen-bond acceptors (Lipinski definition) is 5. The van der Waals surface area contributed by atoms with Gasteiger partial charge in [-0.05, 0) is 69.5 Å². The molecule has 1 aromatic carbocycles. The minimum Gasteiger partial charge on any atom is -0.494 e. The SMILES string of the molecule is Cc1cccc(-n2ncc(-c3ccc(OCCCN4CCCC4C)cc3)cc2=O)n1. The van der Waals surface area contributed by atoms with E-state index in [1.165, 1.54) is 24.1 Å². The minimum absolute atomic E-state index is 0.206. The highest BCUT2D eigenvalue weighted by atomic mass is 16.5. The van der Waals surface area contributed by atoms with Crippen LogP contribution in [0, 0.1) is 6.92 Å². The van der Waals surface area contributed by atoms with Crippen molar-refractivity contribution in [3.05, 3.63) is 70.8 Å². The Bertz CT molecular complexity index is 1050. The van der Waals surface area contributed by atoms with Crippen LogP contribution in [-0.2, 0) is 0 Å². The average Bonchev–Trinajstić information content (AvgIpc) is 3.16. The molecule has 0 aliphatic carbocycles. The van der Waals surface area contributed by atoms with Crippen LogP contribution in [0.4, 0.5) is 0 Å². The molecule has 0 spiro atoms. The topological polar surface area (TPSA) is 60.2 Å². The van der Waals surface area contributed by atoms with E-state index in [2.05, 4.69) is 21.9 Å². The lowest BCUT2D eigenvalue weighted by Crippen LogP contribution is -2.28. The van der Waals surface area contributed by atoms with Crippen LogP contribution >= 0.6 is 0 Å². The van der Waals surface area contributed by atoms with Crippen molar-refractivity contribution >= 4 is 0 Å². The highest BCUT2D eigenvalue weighted by Crippen LogP contribution is 2.21. The number of pyridine rings is 1. The Morgan fingerprint density at radius 1 is 1.13 bits per heavy atom. The molecule has 0 bridgehead atoms. The summed E-state index contributed by atoms with van der Waals surface area (Å²) in [4.78, 5) is 19.4. The molecular formula is C24H28N4O2. The first-order valence-corrected chi connectivity index (χ1v) is 10.6. The van der Waals surface area contributed by atoms with Crippen LogP contribution in [-0.4, -0.2) is 45.4 Å². The smallest absolute Gasteiger partial charge is 0.273 e. The van der Waals surface area contributed by atoms with Crippen molar-refractivity contribution in [2.24, 2.45) is 0 Å². The normalized spacial score (nSPS) is 16.7. The first-order chi connectivity index (χ1) is 14.6. The standard InChI is InChI=1S/C24H28N4O2/c1-18-6-3-8-23(26-18)28-24(29)16-21(17-25-28)20-9-11-22(12-10-20)30-15-5-14-27-13-4-7-19(27)2/h3,6,8-12,16-17,19H,4-5,7,13-15H2,1-2H3. The third-order valence-electron chi connectivity index (χ3n) is 5.63. The van der Waals surface area contributed by atoms with Crippen molar-refractivity contribution in [2.45, 2.75) is 39.2 Å². The van der Waals surface area contributed by atoms with Gasteiger partial charge >= 0.3 is 0 Å². The molecule has 0 N–H and O–H groups in total. The zero-order valence-corrected chi connectivity index (χ0v) is 17.6. The lowest BCUT2D eigenvalue weighted by atomic mass is 10.1. The molecule has 6 nitrogen and oxygen atoms in total. The number of benzene rings is 1. The number of nitrogens with zero attached hydrogens (tertiary/aromatic N) is 4. The average molecular weight is 405 g/mol. The molecular weight excluding hydrogens is 376 g/mol. The van der Waals surface area contributed by atoms with Gasteiger partial charge in [-0.3, -0.25) is 4.79 Å². The molecule has 3 heterocycles. The fourth-order valence-corrected chi connectivity index (χ4v) is 3.91. The third kappa shape index (κ3) is 4.76. The summed E-state index contributed by atoms with van der Waals surface area (Å²) >= 11 is 0. The van der Waals surface area contributed by atoms with Crippen LogP contribution in [0.15, 0.2) is 59.5 Å². The van der Waals surface area contributed by atoms with Crippen molar-refractivity contribution in [3.8, 4) is 22.7 Å². The molecule has 0 radical (unpaired) electrons. The van der Waals surface area contributed by atoms with Gasteiger partial charge in [0, 0.05) is 29.9 Å². The lowest BCUT2D eigenvalue weighted by molar-refractivity contribution is 0.230. The summed E-state index contributed by atoms with van der Waals surface area (Å²) < 4.78 is 7.20. The monoisotopic (exact) mass is 404 g/mol. The van der Waals surface area contributed by atoms with Crippen LogP contribution in [0.25, 0.3) is 16.9 Å². The molecule has 6 heteroatoms. The molecule has 0 saturated carbocycles. The predicted molar refractivity (Wildman–Crippen MR) is 118 cm³/mol. The van der Waals surface area contributed by atoms with E-state index in [1.54, 1.807) is 18.3 Å². The summed E-state index contributed by atoms with van der Waals surface area (Å²) in [6, 6.07) is 15.6. The molecule has 1 aliphatic rings. The zero-order valence-electron chi connectivity index (χ0n) is 17.6. The van der Waals surface area contributed by atoms with E-state index in [4.69, 9.17) is 4.74 Å². The van der Waals surface area contributed by atoms with E-state index in [9.17, 15) is 4.79 Å². The van der Waals surface area contributed by atoms with Crippen molar-refractivity contribution in [2.75, 3.05) is 19.7 Å². The highest BCUT2D eigenvalue weighted by molar-refractivity contribution is 5.62. The largest absolute Gasteiger partial charge is 0.494 e. The molecule has 1 saturated heterocycles. The lowest BCUT2D eigenvalue weighted by Gasteiger charge is -2.20. The first-order valence-electron chi connectivity index (χ1n) is 10.6.